The van der Waals surface area contributed by atoms with Crippen LogP contribution >= 0.6 is 0 Å². The van der Waals surface area contributed by atoms with Gasteiger partial charge in [-0.3, -0.25) is 24.0 Å². The van der Waals surface area contributed by atoms with Crippen LogP contribution in [0.5, 0.6) is 0 Å². The standard InChI is InChI=1S/C30H40N6O7/c1-18(2)14-22-28(39)34-23(15-20-8-5-4-6-9-20)27(38)31-11-12-36(30(41)25-10-7-13-42-25)17-21-16-24(35-43-21)29(40)32-19(3)26(37)33-22/h4-6,8-9,16,18-19,22-23,25H,7,10-15,17H2,1-3H3,(H,31,38)(H,32,40)(H,33,37)(H,34,39)/t19-,22-,23-,25-/m1/s1. The van der Waals surface area contributed by atoms with Crippen LogP contribution in [0.1, 0.15) is 61.8 Å². The van der Waals surface area contributed by atoms with Gasteiger partial charge in [-0.15, -0.1) is 0 Å². The van der Waals surface area contributed by atoms with Crippen LogP contribution in [-0.4, -0.2) is 83.5 Å². The lowest BCUT2D eigenvalue weighted by Gasteiger charge is -2.27. The van der Waals surface area contributed by atoms with E-state index in [9.17, 15) is 24.0 Å². The van der Waals surface area contributed by atoms with Crippen molar-refractivity contribution >= 4 is 29.5 Å². The minimum atomic E-state index is -1.00. The fourth-order valence-corrected chi connectivity index (χ4v) is 5.03. The summed E-state index contributed by atoms with van der Waals surface area (Å²) < 4.78 is 10.9. The van der Waals surface area contributed by atoms with Crippen molar-refractivity contribution in [2.24, 2.45) is 5.92 Å². The monoisotopic (exact) mass is 596 g/mol. The molecule has 0 spiro atoms. The maximum Gasteiger partial charge on any atom is 0.274 e. The van der Waals surface area contributed by atoms with Gasteiger partial charge in [-0.25, -0.2) is 0 Å². The van der Waals surface area contributed by atoms with Gasteiger partial charge in [-0.05, 0) is 37.7 Å². The number of fused-ring (bicyclic) bond motifs is 2. The van der Waals surface area contributed by atoms with Crippen molar-refractivity contribution in [3.63, 3.8) is 0 Å². The van der Waals surface area contributed by atoms with Crippen molar-refractivity contribution in [2.45, 2.75) is 77.2 Å². The van der Waals surface area contributed by atoms with Crippen molar-refractivity contribution in [2.75, 3.05) is 19.7 Å². The van der Waals surface area contributed by atoms with Crippen LogP contribution in [0.25, 0.3) is 0 Å². The van der Waals surface area contributed by atoms with E-state index in [1.807, 2.05) is 44.2 Å². The third-order valence-electron chi connectivity index (χ3n) is 7.33. The zero-order valence-corrected chi connectivity index (χ0v) is 24.8. The van der Waals surface area contributed by atoms with Crippen molar-refractivity contribution < 1.29 is 33.2 Å². The second-order valence-corrected chi connectivity index (χ2v) is 11.4. The predicted octanol–water partition coefficient (Wildman–Crippen LogP) is 0.689. The SMILES string of the molecule is CC(C)C[C@H]1NC(=O)[C@@H](C)NC(=O)c2cc(on2)CN(C(=O)[C@H]2CCCO2)CCNC(=O)[C@@H](Cc2ccccc2)NC1=O. The number of hydrogen-bond donors (Lipinski definition) is 4. The highest BCUT2D eigenvalue weighted by Gasteiger charge is 2.32. The first-order valence-electron chi connectivity index (χ1n) is 14.7. The number of ether oxygens (including phenoxy) is 1. The van der Waals surface area contributed by atoms with E-state index in [4.69, 9.17) is 9.26 Å². The molecule has 1 fully saturated rings. The summed E-state index contributed by atoms with van der Waals surface area (Å²) in [4.78, 5) is 67.6. The van der Waals surface area contributed by atoms with Crippen LogP contribution in [-0.2, 0) is 36.9 Å². The molecule has 232 valence electrons. The average Bonchev–Trinajstić information content (AvgIpc) is 3.68. The number of benzene rings is 1. The number of carbonyl (C=O) groups excluding carboxylic acids is 5. The van der Waals surface area contributed by atoms with Gasteiger partial charge in [0.05, 0.1) is 6.54 Å². The zero-order valence-electron chi connectivity index (χ0n) is 24.8. The summed E-state index contributed by atoms with van der Waals surface area (Å²) in [7, 11) is 0. The highest BCUT2D eigenvalue weighted by atomic mass is 16.5. The Balaban J connectivity index is 1.62. The molecular weight excluding hydrogens is 556 g/mol. The molecule has 2 aliphatic rings. The molecule has 13 nitrogen and oxygen atoms in total. The van der Waals surface area contributed by atoms with Gasteiger partial charge in [0.1, 0.15) is 24.2 Å². The van der Waals surface area contributed by atoms with Crippen LogP contribution in [0, 0.1) is 5.92 Å². The van der Waals surface area contributed by atoms with Crippen molar-refractivity contribution in [1.29, 1.82) is 0 Å². The molecule has 4 atom stereocenters. The Morgan fingerprint density at radius 3 is 2.47 bits per heavy atom. The lowest BCUT2D eigenvalue weighted by Crippen LogP contribution is -2.57. The molecular formula is C30H40N6O7. The fourth-order valence-electron chi connectivity index (χ4n) is 5.03. The summed E-state index contributed by atoms with van der Waals surface area (Å²) >= 11 is 0. The Bertz CT molecular complexity index is 1290. The molecule has 3 heterocycles. The average molecular weight is 597 g/mol. The zero-order chi connectivity index (χ0) is 30.9. The lowest BCUT2D eigenvalue weighted by molar-refractivity contribution is -0.142. The molecule has 2 aliphatic heterocycles. The summed E-state index contributed by atoms with van der Waals surface area (Å²) in [6.45, 7) is 6.01. The van der Waals surface area contributed by atoms with Gasteiger partial charge < -0.3 is 35.4 Å². The van der Waals surface area contributed by atoms with Gasteiger partial charge in [0.25, 0.3) is 11.8 Å². The van der Waals surface area contributed by atoms with E-state index >= 15 is 0 Å². The second kappa shape index (κ2) is 14.8. The van der Waals surface area contributed by atoms with Crippen molar-refractivity contribution in [1.82, 2.24) is 31.3 Å². The van der Waals surface area contributed by atoms with E-state index < -0.39 is 47.9 Å². The fraction of sp³-hybridized carbons (Fsp3) is 0.533. The van der Waals surface area contributed by atoms with E-state index in [0.29, 0.717) is 19.4 Å². The van der Waals surface area contributed by atoms with E-state index in [1.165, 1.54) is 17.9 Å². The Morgan fingerprint density at radius 2 is 1.77 bits per heavy atom. The molecule has 4 N–H and O–H groups in total. The van der Waals surface area contributed by atoms with Gasteiger partial charge in [0.15, 0.2) is 11.5 Å². The summed E-state index contributed by atoms with van der Waals surface area (Å²) in [6, 6.07) is 7.77. The molecule has 13 heteroatoms. The van der Waals surface area contributed by atoms with E-state index in [2.05, 4.69) is 26.4 Å². The number of carbonyl (C=O) groups is 5. The first-order valence-corrected chi connectivity index (χ1v) is 14.7. The van der Waals surface area contributed by atoms with Crippen LogP contribution in [0.15, 0.2) is 40.9 Å². The number of aromatic nitrogens is 1. The normalized spacial score (nSPS) is 24.4. The molecule has 2 aromatic rings. The number of nitrogens with one attached hydrogen (secondary N) is 4. The molecule has 5 amide bonds. The molecule has 0 unspecified atom stereocenters. The maximum absolute atomic E-state index is 13.5. The third kappa shape index (κ3) is 8.87. The predicted molar refractivity (Wildman–Crippen MR) is 154 cm³/mol. The Kier molecular flexibility index (Phi) is 10.9. The van der Waals surface area contributed by atoms with E-state index in [0.717, 1.165) is 12.0 Å². The van der Waals surface area contributed by atoms with Crippen LogP contribution < -0.4 is 21.3 Å². The molecule has 0 aliphatic carbocycles. The van der Waals surface area contributed by atoms with Gasteiger partial charge in [0.2, 0.25) is 17.7 Å². The smallest absolute Gasteiger partial charge is 0.274 e. The number of nitrogens with zero attached hydrogens (tertiary/aromatic N) is 2. The first kappa shape index (κ1) is 31.7. The summed E-state index contributed by atoms with van der Waals surface area (Å²) in [6.07, 6.45) is 1.26. The molecule has 1 aromatic carbocycles. The molecule has 2 bridgehead atoms. The minimum absolute atomic E-state index is 0.00799. The number of hydrogen-bond acceptors (Lipinski definition) is 8. The quantitative estimate of drug-likeness (QED) is 0.390. The van der Waals surface area contributed by atoms with Gasteiger partial charge in [-0.2, -0.15) is 0 Å². The molecule has 1 saturated heterocycles. The van der Waals surface area contributed by atoms with Crippen LogP contribution in [0.2, 0.25) is 0 Å². The van der Waals surface area contributed by atoms with Crippen molar-refractivity contribution in [3.8, 4) is 0 Å². The van der Waals surface area contributed by atoms with Gasteiger partial charge in [0, 0.05) is 32.2 Å². The highest BCUT2D eigenvalue weighted by Crippen LogP contribution is 2.17. The Hall–Kier alpha value is -4.26. The number of amides is 5. The Labute approximate surface area is 250 Å². The number of rotatable bonds is 5. The lowest BCUT2D eigenvalue weighted by atomic mass is 10.0. The van der Waals surface area contributed by atoms with Crippen LogP contribution in [0.3, 0.4) is 0 Å². The Morgan fingerprint density at radius 1 is 1.02 bits per heavy atom. The highest BCUT2D eigenvalue weighted by molar-refractivity contribution is 5.97. The molecule has 4 rings (SSSR count). The topological polar surface area (TPSA) is 172 Å². The van der Waals surface area contributed by atoms with Crippen LogP contribution in [0.4, 0.5) is 0 Å². The van der Waals surface area contributed by atoms with Gasteiger partial charge >= 0.3 is 0 Å². The second-order valence-electron chi connectivity index (χ2n) is 11.4. The van der Waals surface area contributed by atoms with Gasteiger partial charge in [-0.1, -0.05) is 49.3 Å². The molecule has 0 radical (unpaired) electrons. The summed E-state index contributed by atoms with van der Waals surface area (Å²) in [5, 5.41) is 14.8. The van der Waals surface area contributed by atoms with E-state index in [1.54, 1.807) is 0 Å². The minimum Gasteiger partial charge on any atom is -0.368 e. The summed E-state index contributed by atoms with van der Waals surface area (Å²) in [5.74, 6) is -2.13. The van der Waals surface area contributed by atoms with E-state index in [-0.39, 0.29) is 49.3 Å². The maximum atomic E-state index is 13.5. The summed E-state index contributed by atoms with van der Waals surface area (Å²) in [5.41, 5.74) is 0.774. The first-order chi connectivity index (χ1) is 20.6. The molecule has 0 saturated carbocycles. The molecule has 43 heavy (non-hydrogen) atoms. The largest absolute Gasteiger partial charge is 0.368 e. The van der Waals surface area contributed by atoms with Crippen molar-refractivity contribution in [3.05, 3.63) is 53.4 Å². The molecule has 1 aromatic heterocycles. The third-order valence-corrected chi connectivity index (χ3v) is 7.33.